The van der Waals surface area contributed by atoms with E-state index in [1.165, 1.54) is 12.1 Å². The zero-order valence-electron chi connectivity index (χ0n) is 27.1. The first-order chi connectivity index (χ1) is 22.2. The van der Waals surface area contributed by atoms with E-state index in [1.54, 1.807) is 0 Å². The first kappa shape index (κ1) is 39.4. The number of nitrogens with zero attached hydrogens (tertiary/aromatic N) is 6. The number of nitro benzene ring substituents is 2. The Bertz CT molecular complexity index is 1800. The van der Waals surface area contributed by atoms with Gasteiger partial charge in [0.15, 0.2) is 0 Å². The van der Waals surface area contributed by atoms with Crippen LogP contribution in [0.25, 0.3) is 0 Å². The molecule has 0 aromatic heterocycles. The first-order valence-electron chi connectivity index (χ1n) is 14.1. The molecule has 6 N–H and O–H groups in total. The first-order valence-corrected chi connectivity index (χ1v) is 14.1. The molecule has 16 nitrogen and oxygen atoms in total. The van der Waals surface area contributed by atoms with E-state index in [0.717, 1.165) is 48.5 Å². The predicted molar refractivity (Wildman–Crippen MR) is 175 cm³/mol. The van der Waals surface area contributed by atoms with Gasteiger partial charge in [0.05, 0.1) is 9.85 Å². The zero-order valence-corrected chi connectivity index (χ0v) is 28.1. The van der Waals surface area contributed by atoms with E-state index >= 15 is 0 Å². The molecule has 0 heterocycles. The van der Waals surface area contributed by atoms with Crippen LogP contribution in [0.4, 0.5) is 34.1 Å². The second-order valence-electron chi connectivity index (χ2n) is 12.5. The molecular formula is C32H34CoN6O10. The molecule has 0 saturated heterocycles. The maximum absolute atomic E-state index is 10.8. The van der Waals surface area contributed by atoms with Crippen molar-refractivity contribution in [3.8, 4) is 34.5 Å². The van der Waals surface area contributed by atoms with Crippen molar-refractivity contribution in [1.82, 2.24) is 0 Å². The minimum Gasteiger partial charge on any atom is -0.508 e. The van der Waals surface area contributed by atoms with Crippen LogP contribution in [0.2, 0.25) is 0 Å². The van der Waals surface area contributed by atoms with Gasteiger partial charge in [0.25, 0.3) is 11.4 Å². The normalized spacial score (nSPS) is 11.6. The number of azo groups is 2. The Morgan fingerprint density at radius 1 is 0.469 bits per heavy atom. The van der Waals surface area contributed by atoms with Crippen LogP contribution >= 0.6 is 0 Å². The van der Waals surface area contributed by atoms with Crippen molar-refractivity contribution in [2.24, 2.45) is 20.5 Å². The van der Waals surface area contributed by atoms with E-state index in [4.69, 9.17) is 0 Å². The quantitative estimate of drug-likeness (QED) is 0.0626. The predicted octanol–water partition coefficient (Wildman–Crippen LogP) is 8.85. The van der Waals surface area contributed by atoms with Gasteiger partial charge in [-0.2, -0.15) is 0 Å². The molecular weight excluding hydrogens is 687 g/mol. The molecule has 4 aromatic carbocycles. The van der Waals surface area contributed by atoms with Gasteiger partial charge in [0, 0.05) is 64.3 Å². The smallest absolute Gasteiger partial charge is 0.271 e. The number of non-ortho nitro benzene ring substituents is 2. The molecule has 0 atom stereocenters. The average Bonchev–Trinajstić information content (AvgIpc) is 2.96. The van der Waals surface area contributed by atoms with Crippen LogP contribution in [0.3, 0.4) is 0 Å². The largest absolute Gasteiger partial charge is 0.508 e. The second-order valence-corrected chi connectivity index (χ2v) is 12.5. The Kier molecular flexibility index (Phi) is 12.4. The van der Waals surface area contributed by atoms with E-state index in [0.29, 0.717) is 11.1 Å². The molecule has 0 aliphatic carbocycles. The number of phenolic OH excluding ortho intramolecular Hbond substituents is 6. The van der Waals surface area contributed by atoms with Gasteiger partial charge in [-0.05, 0) is 35.1 Å². The molecule has 0 aliphatic heterocycles. The van der Waals surface area contributed by atoms with E-state index in [2.05, 4.69) is 20.5 Å². The van der Waals surface area contributed by atoms with Gasteiger partial charge in [0.1, 0.15) is 57.2 Å². The van der Waals surface area contributed by atoms with Gasteiger partial charge in [-0.15, -0.1) is 20.5 Å². The molecule has 0 saturated carbocycles. The van der Waals surface area contributed by atoms with Crippen molar-refractivity contribution in [2.75, 3.05) is 0 Å². The van der Waals surface area contributed by atoms with Crippen molar-refractivity contribution in [1.29, 1.82) is 0 Å². The summed E-state index contributed by atoms with van der Waals surface area (Å²) in [6, 6.07) is 12.0. The zero-order chi connectivity index (χ0) is 36.1. The number of nitro groups is 2. The van der Waals surface area contributed by atoms with Gasteiger partial charge < -0.3 is 30.6 Å². The number of aromatic hydroxyl groups is 6. The fourth-order valence-corrected chi connectivity index (χ4v) is 4.12. The molecule has 0 bridgehead atoms. The monoisotopic (exact) mass is 721 g/mol. The van der Waals surface area contributed by atoms with E-state index in [9.17, 15) is 50.9 Å². The molecule has 17 heteroatoms. The second kappa shape index (κ2) is 15.4. The van der Waals surface area contributed by atoms with Gasteiger partial charge in [-0.1, -0.05) is 41.5 Å². The van der Waals surface area contributed by atoms with Gasteiger partial charge in [0.2, 0.25) is 0 Å². The van der Waals surface area contributed by atoms with Crippen LogP contribution < -0.4 is 0 Å². The maximum atomic E-state index is 10.8. The van der Waals surface area contributed by atoms with Crippen molar-refractivity contribution < 1.29 is 57.3 Å². The Hall–Kier alpha value is -5.81. The summed E-state index contributed by atoms with van der Waals surface area (Å²) >= 11 is 0. The minimum absolute atomic E-state index is 0. The van der Waals surface area contributed by atoms with Gasteiger partial charge in [-0.3, -0.25) is 20.2 Å². The summed E-state index contributed by atoms with van der Waals surface area (Å²) in [7, 11) is 0. The van der Waals surface area contributed by atoms with Crippen LogP contribution in [0.15, 0.2) is 81.1 Å². The summed E-state index contributed by atoms with van der Waals surface area (Å²) in [6.07, 6.45) is 0. The van der Waals surface area contributed by atoms with E-state index in [-0.39, 0.29) is 85.4 Å². The van der Waals surface area contributed by atoms with E-state index < -0.39 is 20.7 Å². The fourth-order valence-electron chi connectivity index (χ4n) is 4.12. The van der Waals surface area contributed by atoms with Crippen molar-refractivity contribution in [3.05, 3.63) is 92.0 Å². The molecule has 4 rings (SSSR count). The van der Waals surface area contributed by atoms with Crippen LogP contribution in [0, 0.1) is 20.2 Å². The van der Waals surface area contributed by atoms with Crippen LogP contribution in [0.1, 0.15) is 52.7 Å². The Morgan fingerprint density at radius 2 is 0.755 bits per heavy atom. The number of hydrogen-bond donors (Lipinski definition) is 6. The van der Waals surface area contributed by atoms with Crippen molar-refractivity contribution in [2.45, 2.75) is 52.4 Å². The van der Waals surface area contributed by atoms with Gasteiger partial charge in [-0.25, -0.2) is 0 Å². The number of benzene rings is 4. The summed E-state index contributed by atoms with van der Waals surface area (Å²) in [6.45, 7) is 11.3. The van der Waals surface area contributed by atoms with Crippen molar-refractivity contribution >= 4 is 34.1 Å². The molecule has 261 valence electrons. The van der Waals surface area contributed by atoms with E-state index in [1.807, 2.05) is 41.5 Å². The SMILES string of the molecule is CC(C)(C)c1cc(N=Nc2cc([N+](=O)[O-])ccc2O)c(O)cc1O.CC(C)(C)c1cc(N=Nc2cc([N+](=O)[O-])ccc2O)c(O)cc1O.[Co]. The molecule has 1 radical (unpaired) electrons. The molecule has 0 aliphatic rings. The molecule has 0 amide bonds. The topological polar surface area (TPSA) is 257 Å². The fraction of sp³-hybridized carbons (Fsp3) is 0.250. The summed E-state index contributed by atoms with van der Waals surface area (Å²) < 4.78 is 0. The molecule has 0 fully saturated rings. The number of rotatable bonds is 6. The third-order valence-electron chi connectivity index (χ3n) is 6.67. The summed E-state index contributed by atoms with van der Waals surface area (Å²) in [5.41, 5.74) is -0.227. The van der Waals surface area contributed by atoms with Crippen LogP contribution in [-0.4, -0.2) is 40.5 Å². The van der Waals surface area contributed by atoms with Crippen LogP contribution in [0.5, 0.6) is 34.5 Å². The molecule has 0 spiro atoms. The molecule has 0 unspecified atom stereocenters. The Labute approximate surface area is 290 Å². The summed E-state index contributed by atoms with van der Waals surface area (Å²) in [5, 5.41) is 95.8. The standard InChI is InChI=1S/2C16H17N3O5.Co/c2*1-16(2,3)10-7-12(15(22)8-14(10)21)18-17-11-6-9(19(23)24)4-5-13(11)20;/h2*4-8,20-22H,1-3H3;. The Balaban J connectivity index is 0.000000333. The minimum atomic E-state index is -0.617. The number of phenols is 6. The maximum Gasteiger partial charge on any atom is 0.271 e. The summed E-state index contributed by atoms with van der Waals surface area (Å²) in [5.74, 6) is -1.30. The number of hydrogen-bond acceptors (Lipinski definition) is 14. The summed E-state index contributed by atoms with van der Waals surface area (Å²) in [4.78, 5) is 20.3. The van der Waals surface area contributed by atoms with Gasteiger partial charge >= 0.3 is 0 Å². The van der Waals surface area contributed by atoms with Crippen molar-refractivity contribution in [3.63, 3.8) is 0 Å². The molecule has 4 aromatic rings. The third kappa shape index (κ3) is 10.1. The third-order valence-corrected chi connectivity index (χ3v) is 6.67. The average molecular weight is 722 g/mol. The Morgan fingerprint density at radius 3 is 1.02 bits per heavy atom. The van der Waals surface area contributed by atoms with Crippen LogP contribution in [-0.2, 0) is 27.6 Å². The molecule has 49 heavy (non-hydrogen) atoms.